The molecule has 12 nitrogen and oxygen atoms in total. The van der Waals surface area contributed by atoms with Crippen molar-refractivity contribution < 1.29 is 24.3 Å². The van der Waals surface area contributed by atoms with Crippen LogP contribution in [0.4, 0.5) is 0 Å². The van der Waals surface area contributed by atoms with Crippen molar-refractivity contribution in [3.05, 3.63) is 18.2 Å². The molecule has 1 rings (SSSR count). The second kappa shape index (κ2) is 15.2. The Bertz CT molecular complexity index is 760. The molecule has 0 aromatic carbocycles. The van der Waals surface area contributed by atoms with Crippen LogP contribution in [0, 0.1) is 0 Å². The summed E-state index contributed by atoms with van der Waals surface area (Å²) >= 11 is 1.46. The molecule has 0 spiro atoms. The molecule has 1 heterocycles. The maximum Gasteiger partial charge on any atom is 0.326 e. The van der Waals surface area contributed by atoms with E-state index in [-0.39, 0.29) is 12.8 Å². The Morgan fingerprint density at radius 1 is 1.06 bits per heavy atom. The Morgan fingerprint density at radius 3 is 2.24 bits per heavy atom. The van der Waals surface area contributed by atoms with Crippen LogP contribution in [0.3, 0.4) is 0 Å². The molecule has 0 radical (unpaired) electrons. The van der Waals surface area contributed by atoms with Crippen molar-refractivity contribution in [2.75, 3.05) is 18.6 Å². The highest BCUT2D eigenvalue weighted by molar-refractivity contribution is 7.98. The predicted molar refractivity (Wildman–Crippen MR) is 125 cm³/mol. The first-order valence-electron chi connectivity index (χ1n) is 10.7. The van der Waals surface area contributed by atoms with Crippen molar-refractivity contribution in [2.24, 2.45) is 11.5 Å². The summed E-state index contributed by atoms with van der Waals surface area (Å²) in [6.45, 7) is 1.94. The highest BCUT2D eigenvalue weighted by Gasteiger charge is 2.30. The lowest BCUT2D eigenvalue weighted by Gasteiger charge is -2.25. The minimum Gasteiger partial charge on any atom is -0.480 e. The van der Waals surface area contributed by atoms with E-state index in [9.17, 15) is 24.3 Å². The van der Waals surface area contributed by atoms with Gasteiger partial charge in [-0.3, -0.25) is 14.4 Å². The number of nitrogens with two attached hydrogens (primary N) is 2. The fourth-order valence-electron chi connectivity index (χ4n) is 2.93. The van der Waals surface area contributed by atoms with Crippen LogP contribution in [0.25, 0.3) is 0 Å². The molecular weight excluding hydrogens is 450 g/mol. The van der Waals surface area contributed by atoms with E-state index in [2.05, 4.69) is 25.9 Å². The van der Waals surface area contributed by atoms with E-state index in [4.69, 9.17) is 11.5 Å². The molecule has 1 aromatic heterocycles. The molecule has 0 bridgehead atoms. The Hall–Kier alpha value is -2.64. The number of H-pyrrole nitrogens is 1. The van der Waals surface area contributed by atoms with Gasteiger partial charge >= 0.3 is 5.97 Å². The normalized spacial score (nSPS) is 14.5. The number of nitrogens with one attached hydrogen (secondary N) is 4. The Morgan fingerprint density at radius 2 is 1.70 bits per heavy atom. The fraction of sp³-hybridized carbons (Fsp3) is 0.650. The molecule has 4 unspecified atom stereocenters. The number of carbonyl (C=O) groups is 4. The van der Waals surface area contributed by atoms with Crippen LogP contribution >= 0.6 is 11.8 Å². The van der Waals surface area contributed by atoms with Crippen LogP contribution in [0.1, 0.15) is 38.3 Å². The van der Waals surface area contributed by atoms with Gasteiger partial charge in [-0.25, -0.2) is 9.78 Å². The quantitative estimate of drug-likeness (QED) is 0.139. The van der Waals surface area contributed by atoms with E-state index >= 15 is 0 Å². The number of rotatable bonds is 16. The number of imidazole rings is 1. The van der Waals surface area contributed by atoms with Crippen LogP contribution in [-0.2, 0) is 25.6 Å². The van der Waals surface area contributed by atoms with Crippen molar-refractivity contribution in [2.45, 2.75) is 63.2 Å². The van der Waals surface area contributed by atoms with Gasteiger partial charge in [-0.1, -0.05) is 0 Å². The smallest absolute Gasteiger partial charge is 0.326 e. The topological polar surface area (TPSA) is 205 Å². The lowest BCUT2D eigenvalue weighted by molar-refractivity contribution is -0.142. The third-order valence-corrected chi connectivity index (χ3v) is 5.47. The summed E-state index contributed by atoms with van der Waals surface area (Å²) in [6, 6.07) is -3.91. The largest absolute Gasteiger partial charge is 0.480 e. The van der Waals surface area contributed by atoms with Gasteiger partial charge < -0.3 is 37.5 Å². The van der Waals surface area contributed by atoms with Gasteiger partial charge in [-0.2, -0.15) is 11.8 Å². The molecule has 33 heavy (non-hydrogen) atoms. The van der Waals surface area contributed by atoms with Crippen LogP contribution < -0.4 is 27.4 Å². The standard InChI is InChI=1S/C20H35N7O5S/c1-12(22)17(28)25-14(5-3-4-7-21)18(29)27-16(9-13-10-23-11-24-13)19(30)26-15(20(31)32)6-8-33-2/h10-12,14-16H,3-9,21-22H2,1-2H3,(H,23,24)(H,25,28)(H,26,30)(H,27,29)(H,31,32). The molecule has 0 aliphatic carbocycles. The molecule has 0 fully saturated rings. The number of unbranched alkanes of at least 4 members (excludes halogenated alkanes) is 1. The second-order valence-electron chi connectivity index (χ2n) is 7.66. The van der Waals surface area contributed by atoms with E-state index < -0.39 is 47.9 Å². The number of aromatic nitrogens is 2. The highest BCUT2D eigenvalue weighted by atomic mass is 32.2. The highest BCUT2D eigenvalue weighted by Crippen LogP contribution is 2.06. The molecule has 186 valence electrons. The number of amides is 3. The van der Waals surface area contributed by atoms with Crippen LogP contribution in [-0.4, -0.2) is 81.5 Å². The van der Waals surface area contributed by atoms with E-state index in [1.807, 2.05) is 6.26 Å². The van der Waals surface area contributed by atoms with Gasteiger partial charge in [0, 0.05) is 18.3 Å². The molecule has 0 aliphatic heterocycles. The lowest BCUT2D eigenvalue weighted by atomic mass is 10.1. The summed E-state index contributed by atoms with van der Waals surface area (Å²) in [6.07, 6.45) is 6.62. The number of hydrogen-bond donors (Lipinski definition) is 7. The van der Waals surface area contributed by atoms with Gasteiger partial charge in [0.05, 0.1) is 12.4 Å². The Balaban J connectivity index is 3.00. The van der Waals surface area contributed by atoms with Gasteiger partial charge in [0.25, 0.3) is 0 Å². The number of carboxylic acids is 1. The van der Waals surface area contributed by atoms with Crippen molar-refractivity contribution in [1.82, 2.24) is 25.9 Å². The monoisotopic (exact) mass is 485 g/mol. The molecular formula is C20H35N7O5S. The van der Waals surface area contributed by atoms with Crippen molar-refractivity contribution in [3.8, 4) is 0 Å². The number of aliphatic carboxylic acids is 1. The number of hydrogen-bond acceptors (Lipinski definition) is 8. The lowest BCUT2D eigenvalue weighted by Crippen LogP contribution is -2.57. The summed E-state index contributed by atoms with van der Waals surface area (Å²) in [5, 5.41) is 17.2. The van der Waals surface area contributed by atoms with Crippen LogP contribution in [0.2, 0.25) is 0 Å². The number of aromatic amines is 1. The number of nitrogens with zero attached hydrogens (tertiary/aromatic N) is 1. The zero-order valence-corrected chi connectivity index (χ0v) is 19.8. The Labute approximate surface area is 197 Å². The minimum absolute atomic E-state index is 0.0587. The summed E-state index contributed by atoms with van der Waals surface area (Å²) < 4.78 is 0. The number of carboxylic acid groups (broad SMARTS) is 1. The van der Waals surface area contributed by atoms with E-state index in [0.717, 1.165) is 0 Å². The van der Waals surface area contributed by atoms with Gasteiger partial charge in [0.15, 0.2) is 0 Å². The average molecular weight is 486 g/mol. The van der Waals surface area contributed by atoms with E-state index in [1.54, 1.807) is 0 Å². The Kier molecular flexibility index (Phi) is 13.1. The van der Waals surface area contributed by atoms with Crippen LogP contribution in [0.5, 0.6) is 0 Å². The van der Waals surface area contributed by atoms with Crippen molar-refractivity contribution in [1.29, 1.82) is 0 Å². The van der Waals surface area contributed by atoms with Gasteiger partial charge in [0.2, 0.25) is 17.7 Å². The third-order valence-electron chi connectivity index (χ3n) is 4.83. The first kappa shape index (κ1) is 28.4. The number of carbonyl (C=O) groups excluding carboxylic acids is 3. The summed E-state index contributed by atoms with van der Waals surface area (Å²) in [5.41, 5.74) is 11.7. The molecule has 0 saturated carbocycles. The zero-order chi connectivity index (χ0) is 24.8. The van der Waals surface area contributed by atoms with Crippen molar-refractivity contribution >= 4 is 35.5 Å². The molecule has 3 amide bonds. The maximum atomic E-state index is 13.0. The SMILES string of the molecule is CSCCC(NC(=O)C(Cc1cnc[nH]1)NC(=O)C(CCCCN)NC(=O)C(C)N)C(=O)O. The molecule has 13 heteroatoms. The molecule has 4 atom stereocenters. The maximum absolute atomic E-state index is 13.0. The predicted octanol–water partition coefficient (Wildman–Crippen LogP) is -1.28. The summed E-state index contributed by atoms with van der Waals surface area (Å²) in [5.74, 6) is -2.34. The molecule has 0 aliphatic rings. The first-order chi connectivity index (χ1) is 15.7. The zero-order valence-electron chi connectivity index (χ0n) is 19.0. The van der Waals surface area contributed by atoms with E-state index in [0.29, 0.717) is 37.3 Å². The van der Waals surface area contributed by atoms with Crippen molar-refractivity contribution in [3.63, 3.8) is 0 Å². The third kappa shape index (κ3) is 10.7. The molecule has 9 N–H and O–H groups in total. The van der Waals surface area contributed by atoms with Gasteiger partial charge in [-0.15, -0.1) is 0 Å². The average Bonchev–Trinajstić information content (AvgIpc) is 3.28. The van der Waals surface area contributed by atoms with Gasteiger partial charge in [-0.05, 0) is 51.2 Å². The van der Waals surface area contributed by atoms with Crippen LogP contribution in [0.15, 0.2) is 12.5 Å². The molecule has 0 saturated heterocycles. The molecule has 1 aromatic rings. The summed E-state index contributed by atoms with van der Waals surface area (Å²) in [4.78, 5) is 56.4. The summed E-state index contributed by atoms with van der Waals surface area (Å²) in [7, 11) is 0. The second-order valence-corrected chi connectivity index (χ2v) is 8.64. The fourth-order valence-corrected chi connectivity index (χ4v) is 3.40. The number of thioether (sulfide) groups is 1. The minimum atomic E-state index is -1.16. The first-order valence-corrected chi connectivity index (χ1v) is 12.1. The van der Waals surface area contributed by atoms with E-state index in [1.165, 1.54) is 31.2 Å². The van der Waals surface area contributed by atoms with Gasteiger partial charge in [0.1, 0.15) is 18.1 Å².